The van der Waals surface area contributed by atoms with Gasteiger partial charge >= 0.3 is 0 Å². The molecule has 0 spiro atoms. The topological polar surface area (TPSA) is 133 Å². The Hall–Kier alpha value is -3.74. The van der Waals surface area contributed by atoms with E-state index in [-0.39, 0.29) is 27.8 Å². The first-order valence-corrected chi connectivity index (χ1v) is 14.7. The highest BCUT2D eigenvalue weighted by Gasteiger charge is 2.23. The molecule has 2 aromatic heterocycles. The summed E-state index contributed by atoms with van der Waals surface area (Å²) in [6.07, 6.45) is 1.95. The molecule has 210 valence electrons. The van der Waals surface area contributed by atoms with Gasteiger partial charge < -0.3 is 20.1 Å². The lowest BCUT2D eigenvalue weighted by Gasteiger charge is -2.29. The number of nitrogens with two attached hydrogens (primary N) is 1. The fourth-order valence-electron chi connectivity index (χ4n) is 4.53. The molecule has 4 aromatic rings. The van der Waals surface area contributed by atoms with Crippen molar-refractivity contribution in [1.82, 2.24) is 15.0 Å². The summed E-state index contributed by atoms with van der Waals surface area (Å²) in [5.74, 6) is 0.749. The van der Waals surface area contributed by atoms with Gasteiger partial charge in [-0.05, 0) is 36.2 Å². The van der Waals surface area contributed by atoms with Gasteiger partial charge in [0.2, 0.25) is 10.0 Å². The van der Waals surface area contributed by atoms with Crippen LogP contribution in [0.25, 0.3) is 33.4 Å². The second kappa shape index (κ2) is 11.4. The van der Waals surface area contributed by atoms with Crippen molar-refractivity contribution in [3.8, 4) is 28.3 Å². The van der Waals surface area contributed by atoms with Crippen LogP contribution in [0.4, 0.5) is 21.7 Å². The maximum atomic E-state index is 15.7. The summed E-state index contributed by atoms with van der Waals surface area (Å²) in [5.41, 5.74) is 7.42. The van der Waals surface area contributed by atoms with E-state index in [4.69, 9.17) is 36.8 Å². The SMILES string of the molecule is CCCS(=O)(=O)Nc1cccc(-c2cc(OC)c3nc(-c4cnc(N)c(Cl)c4)nc(N4CCOCC4)c3c2)c1F. The standard InChI is InChI=1S/C27H28ClFN6O4S/c1-3-11-40(36,37)34-21-6-4-5-18(23(21)29)16-12-19-24(22(14-16)38-2)32-26(17-13-20(28)25(30)31-15-17)33-27(19)35-7-9-39-10-8-35/h4-6,12-15,34H,3,7-11H2,1-2H3,(H2,30,31). The molecule has 2 aromatic carbocycles. The van der Waals surface area contributed by atoms with Crippen molar-refractivity contribution in [2.24, 2.45) is 0 Å². The van der Waals surface area contributed by atoms with Crippen molar-refractivity contribution in [3.05, 3.63) is 53.4 Å². The van der Waals surface area contributed by atoms with Crippen molar-refractivity contribution >= 4 is 49.9 Å². The third-order valence-electron chi connectivity index (χ3n) is 6.45. The lowest BCUT2D eigenvalue weighted by atomic mass is 10.0. The largest absolute Gasteiger partial charge is 0.494 e. The first-order chi connectivity index (χ1) is 19.2. The van der Waals surface area contributed by atoms with Crippen LogP contribution in [0, 0.1) is 5.82 Å². The number of aromatic nitrogens is 3. The number of benzene rings is 2. The molecule has 0 amide bonds. The predicted molar refractivity (Wildman–Crippen MR) is 155 cm³/mol. The Labute approximate surface area is 236 Å². The zero-order chi connectivity index (χ0) is 28.4. The van der Waals surface area contributed by atoms with Crippen LogP contribution < -0.4 is 20.1 Å². The molecule has 0 aliphatic carbocycles. The lowest BCUT2D eigenvalue weighted by molar-refractivity contribution is 0.122. The van der Waals surface area contributed by atoms with Crippen LogP contribution in [0.15, 0.2) is 42.6 Å². The molecule has 1 aliphatic heterocycles. The maximum Gasteiger partial charge on any atom is 0.232 e. The fourth-order valence-corrected chi connectivity index (χ4v) is 5.83. The molecule has 1 fully saturated rings. The zero-order valence-electron chi connectivity index (χ0n) is 21.9. The van der Waals surface area contributed by atoms with E-state index < -0.39 is 15.8 Å². The highest BCUT2D eigenvalue weighted by molar-refractivity contribution is 7.92. The van der Waals surface area contributed by atoms with Crippen LogP contribution in [0.5, 0.6) is 5.75 Å². The van der Waals surface area contributed by atoms with Gasteiger partial charge in [-0.3, -0.25) is 4.72 Å². The third-order valence-corrected chi connectivity index (χ3v) is 8.23. The van der Waals surface area contributed by atoms with Crippen molar-refractivity contribution in [3.63, 3.8) is 0 Å². The van der Waals surface area contributed by atoms with E-state index in [2.05, 4.69) is 14.6 Å². The summed E-state index contributed by atoms with van der Waals surface area (Å²) >= 11 is 6.23. The summed E-state index contributed by atoms with van der Waals surface area (Å²) in [6.45, 7) is 3.94. The fraction of sp³-hybridized carbons (Fsp3) is 0.296. The molecule has 3 N–H and O–H groups in total. The molecule has 1 aliphatic rings. The van der Waals surface area contributed by atoms with Gasteiger partial charge in [-0.1, -0.05) is 30.7 Å². The van der Waals surface area contributed by atoms with E-state index >= 15 is 4.39 Å². The molecule has 13 heteroatoms. The Bertz CT molecular complexity index is 1680. The molecule has 3 heterocycles. The van der Waals surface area contributed by atoms with Crippen LogP contribution in [0.1, 0.15) is 13.3 Å². The van der Waals surface area contributed by atoms with Gasteiger partial charge in [-0.15, -0.1) is 0 Å². The van der Waals surface area contributed by atoms with Gasteiger partial charge in [0.25, 0.3) is 0 Å². The summed E-state index contributed by atoms with van der Waals surface area (Å²) < 4.78 is 54.0. The molecule has 0 radical (unpaired) electrons. The van der Waals surface area contributed by atoms with Crippen LogP contribution in [0.3, 0.4) is 0 Å². The monoisotopic (exact) mass is 586 g/mol. The molecule has 0 atom stereocenters. The maximum absolute atomic E-state index is 15.7. The van der Waals surface area contributed by atoms with Gasteiger partial charge in [-0.2, -0.15) is 0 Å². The molecule has 5 rings (SSSR count). The number of nitrogen functional groups attached to an aromatic ring is 1. The van der Waals surface area contributed by atoms with Gasteiger partial charge in [0.1, 0.15) is 22.9 Å². The zero-order valence-corrected chi connectivity index (χ0v) is 23.5. The summed E-state index contributed by atoms with van der Waals surface area (Å²) in [5, 5.41) is 0.909. The Kier molecular flexibility index (Phi) is 7.92. The van der Waals surface area contributed by atoms with Gasteiger partial charge in [-0.25, -0.2) is 27.8 Å². The number of fused-ring (bicyclic) bond motifs is 1. The normalized spacial score (nSPS) is 13.9. The highest BCUT2D eigenvalue weighted by atomic mass is 35.5. The van der Waals surface area contributed by atoms with E-state index in [1.165, 1.54) is 13.2 Å². The second-order valence-corrected chi connectivity index (χ2v) is 11.5. The van der Waals surface area contributed by atoms with Gasteiger partial charge in [0.15, 0.2) is 11.6 Å². The quantitative estimate of drug-likeness (QED) is 0.300. The Morgan fingerprint density at radius 3 is 2.65 bits per heavy atom. The minimum atomic E-state index is -3.69. The third kappa shape index (κ3) is 5.60. The molecule has 0 unspecified atom stereocenters. The Morgan fingerprint density at radius 1 is 1.18 bits per heavy atom. The van der Waals surface area contributed by atoms with Crippen molar-refractivity contribution < 1.29 is 22.3 Å². The average molecular weight is 587 g/mol. The number of sulfonamides is 1. The first-order valence-electron chi connectivity index (χ1n) is 12.6. The average Bonchev–Trinajstić information content (AvgIpc) is 2.94. The number of ether oxygens (including phenoxy) is 2. The van der Waals surface area contributed by atoms with Crippen LogP contribution >= 0.6 is 11.6 Å². The number of nitrogens with zero attached hydrogens (tertiary/aromatic N) is 4. The summed E-state index contributed by atoms with van der Waals surface area (Å²) in [6, 6.07) is 9.67. The highest BCUT2D eigenvalue weighted by Crippen LogP contribution is 2.39. The molecule has 0 bridgehead atoms. The minimum Gasteiger partial charge on any atom is -0.494 e. The number of halogens is 2. The van der Waals surface area contributed by atoms with Crippen molar-refractivity contribution in [1.29, 1.82) is 0 Å². The number of morpholine rings is 1. The molecule has 10 nitrogen and oxygen atoms in total. The Morgan fingerprint density at radius 2 is 1.95 bits per heavy atom. The van der Waals surface area contributed by atoms with Crippen LogP contribution in [-0.4, -0.2) is 62.5 Å². The smallest absolute Gasteiger partial charge is 0.232 e. The van der Waals surface area contributed by atoms with E-state index in [0.717, 1.165) is 0 Å². The molecule has 0 saturated carbocycles. The Balaban J connectivity index is 1.70. The lowest BCUT2D eigenvalue weighted by Crippen LogP contribution is -2.37. The van der Waals surface area contributed by atoms with Crippen molar-refractivity contribution in [2.45, 2.75) is 13.3 Å². The number of pyridine rings is 1. The molecule has 1 saturated heterocycles. The number of hydrogen-bond acceptors (Lipinski definition) is 9. The van der Waals surface area contributed by atoms with Gasteiger partial charge in [0.05, 0.1) is 36.8 Å². The molecule has 40 heavy (non-hydrogen) atoms. The summed E-state index contributed by atoms with van der Waals surface area (Å²) in [4.78, 5) is 15.8. The van der Waals surface area contributed by atoms with E-state index in [0.29, 0.717) is 72.1 Å². The number of hydrogen-bond donors (Lipinski definition) is 2. The number of methoxy groups -OCH3 is 1. The van der Waals surface area contributed by atoms with E-state index in [9.17, 15) is 8.42 Å². The van der Waals surface area contributed by atoms with Crippen LogP contribution in [0.2, 0.25) is 5.02 Å². The number of nitrogens with one attached hydrogen (secondary N) is 1. The predicted octanol–water partition coefficient (Wildman–Crippen LogP) is 4.73. The minimum absolute atomic E-state index is 0.113. The number of anilines is 3. The van der Waals surface area contributed by atoms with E-state index in [1.807, 2.05) is 0 Å². The number of rotatable bonds is 8. The van der Waals surface area contributed by atoms with E-state index in [1.54, 1.807) is 43.5 Å². The van der Waals surface area contributed by atoms with Crippen LogP contribution in [-0.2, 0) is 14.8 Å². The summed E-state index contributed by atoms with van der Waals surface area (Å²) in [7, 11) is -2.19. The molecular formula is C27H28ClFN6O4S. The van der Waals surface area contributed by atoms with Gasteiger partial charge in [0, 0.05) is 35.8 Å². The second-order valence-electron chi connectivity index (χ2n) is 9.22. The molecular weight excluding hydrogens is 559 g/mol. The first kappa shape index (κ1) is 27.8. The van der Waals surface area contributed by atoms with Crippen molar-refractivity contribution in [2.75, 3.05) is 54.5 Å².